The molecular formula is C23H21N5O4. The minimum atomic E-state index is -1.21. The Bertz CT molecular complexity index is 1300. The van der Waals surface area contributed by atoms with E-state index in [-0.39, 0.29) is 5.95 Å². The van der Waals surface area contributed by atoms with Gasteiger partial charge in [-0.2, -0.15) is 0 Å². The molecule has 5 N–H and O–H groups in total. The molecular weight excluding hydrogens is 410 g/mol. The number of amides is 3. The smallest absolute Gasteiger partial charge is 0.411 e. The molecule has 0 unspecified atom stereocenters. The van der Waals surface area contributed by atoms with Crippen LogP contribution < -0.4 is 20.7 Å². The largest absolute Gasteiger partial charge is 0.465 e. The van der Waals surface area contributed by atoms with Gasteiger partial charge in [-0.3, -0.25) is 10.2 Å². The number of benzene rings is 3. The number of primary amides is 1. The van der Waals surface area contributed by atoms with Crippen molar-refractivity contribution in [3.8, 4) is 11.5 Å². The van der Waals surface area contributed by atoms with Crippen LogP contribution in [0.25, 0.3) is 11.0 Å². The number of imidazole rings is 1. The number of hydrogen-bond donors (Lipinski definition) is 4. The number of carboxylic acid groups (broad SMARTS) is 1. The van der Waals surface area contributed by atoms with Crippen LogP contribution >= 0.6 is 0 Å². The van der Waals surface area contributed by atoms with E-state index in [1.807, 2.05) is 31.2 Å². The average molecular weight is 431 g/mol. The first-order chi connectivity index (χ1) is 15.4. The van der Waals surface area contributed by atoms with E-state index in [1.165, 1.54) is 4.90 Å². The first kappa shape index (κ1) is 20.7. The summed E-state index contributed by atoms with van der Waals surface area (Å²) < 4.78 is 5.96. The molecule has 0 aliphatic carbocycles. The molecule has 3 amide bonds. The molecule has 3 aromatic carbocycles. The molecule has 4 rings (SSSR count). The van der Waals surface area contributed by atoms with Crippen LogP contribution in [0.1, 0.15) is 12.5 Å². The van der Waals surface area contributed by atoms with Crippen LogP contribution in [0.4, 0.5) is 26.9 Å². The Morgan fingerprint density at radius 1 is 1.06 bits per heavy atom. The van der Waals surface area contributed by atoms with E-state index in [9.17, 15) is 9.59 Å². The van der Waals surface area contributed by atoms with Gasteiger partial charge >= 0.3 is 12.1 Å². The number of anilines is 3. The summed E-state index contributed by atoms with van der Waals surface area (Å²) in [5.74, 6) is 1.14. The van der Waals surface area contributed by atoms with Crippen LogP contribution in [-0.2, 0) is 6.42 Å². The Hall–Kier alpha value is -4.53. The number of H-pyrrole nitrogens is 1. The lowest BCUT2D eigenvalue weighted by molar-refractivity contribution is 0.209. The van der Waals surface area contributed by atoms with Crippen molar-refractivity contribution in [2.24, 2.45) is 5.73 Å². The Balaban J connectivity index is 1.62. The lowest BCUT2D eigenvalue weighted by atomic mass is 10.1. The van der Waals surface area contributed by atoms with Gasteiger partial charge in [0.05, 0.1) is 22.4 Å². The monoisotopic (exact) mass is 431 g/mol. The number of carbonyl (C=O) groups is 2. The van der Waals surface area contributed by atoms with Gasteiger partial charge in [-0.1, -0.05) is 25.1 Å². The lowest BCUT2D eigenvalue weighted by Crippen LogP contribution is -2.31. The molecule has 0 atom stereocenters. The fourth-order valence-electron chi connectivity index (χ4n) is 3.35. The van der Waals surface area contributed by atoms with Gasteiger partial charge in [0, 0.05) is 12.1 Å². The summed E-state index contributed by atoms with van der Waals surface area (Å²) >= 11 is 0. The van der Waals surface area contributed by atoms with Gasteiger partial charge in [0.15, 0.2) is 0 Å². The second-order valence-corrected chi connectivity index (χ2v) is 6.99. The van der Waals surface area contributed by atoms with Crippen LogP contribution in [0.2, 0.25) is 0 Å². The third-order valence-corrected chi connectivity index (χ3v) is 4.79. The van der Waals surface area contributed by atoms with E-state index in [2.05, 4.69) is 15.3 Å². The standard InChI is InChI=1S/C23H21N5O4/c1-2-14-5-3-6-15(11-14)28(21(24)29)16-7-4-8-17(12-16)32-18-9-10-19-20(13-18)26-22(25-19)27-23(30)31/h3-13H,2H2,1H3,(H2,24,29)(H,30,31)(H2,25,26,27). The number of nitrogens with zero attached hydrogens (tertiary/aromatic N) is 2. The zero-order chi connectivity index (χ0) is 22.7. The fraction of sp³-hybridized carbons (Fsp3) is 0.0870. The summed E-state index contributed by atoms with van der Waals surface area (Å²) in [6.45, 7) is 2.04. The lowest BCUT2D eigenvalue weighted by Gasteiger charge is -2.22. The molecule has 162 valence electrons. The number of nitrogens with one attached hydrogen (secondary N) is 2. The Kier molecular flexibility index (Phi) is 5.63. The SMILES string of the molecule is CCc1cccc(N(C(N)=O)c2cccc(Oc3ccc4nc(NC(=O)O)[nH]c4c3)c2)c1. The summed E-state index contributed by atoms with van der Waals surface area (Å²) in [7, 11) is 0. The summed E-state index contributed by atoms with van der Waals surface area (Å²) in [4.78, 5) is 31.5. The molecule has 9 heteroatoms. The molecule has 0 saturated carbocycles. The average Bonchev–Trinajstić information content (AvgIpc) is 3.15. The molecule has 0 aliphatic rings. The maximum atomic E-state index is 12.2. The van der Waals surface area contributed by atoms with Crippen molar-refractivity contribution in [3.05, 3.63) is 72.3 Å². The number of carbonyl (C=O) groups excluding carboxylic acids is 1. The number of aryl methyl sites for hydroxylation is 1. The predicted molar refractivity (Wildman–Crippen MR) is 122 cm³/mol. The van der Waals surface area contributed by atoms with Gasteiger partial charge in [0.1, 0.15) is 11.5 Å². The van der Waals surface area contributed by atoms with Crippen molar-refractivity contribution in [3.63, 3.8) is 0 Å². The molecule has 1 heterocycles. The molecule has 0 fully saturated rings. The molecule has 0 bridgehead atoms. The highest BCUT2D eigenvalue weighted by Gasteiger charge is 2.16. The highest BCUT2D eigenvalue weighted by atomic mass is 16.5. The molecule has 32 heavy (non-hydrogen) atoms. The third kappa shape index (κ3) is 4.46. The van der Waals surface area contributed by atoms with Gasteiger partial charge in [0.25, 0.3) is 0 Å². The Morgan fingerprint density at radius 2 is 1.78 bits per heavy atom. The topological polar surface area (TPSA) is 134 Å². The van der Waals surface area contributed by atoms with E-state index in [0.29, 0.717) is 33.9 Å². The van der Waals surface area contributed by atoms with Gasteiger partial charge in [-0.25, -0.2) is 14.6 Å². The number of urea groups is 1. The van der Waals surface area contributed by atoms with Crippen molar-refractivity contribution in [1.82, 2.24) is 9.97 Å². The molecule has 0 spiro atoms. The first-order valence-electron chi connectivity index (χ1n) is 9.89. The molecule has 9 nitrogen and oxygen atoms in total. The number of aromatic amines is 1. The quantitative estimate of drug-likeness (QED) is 0.332. The Labute approximate surface area is 183 Å². The highest BCUT2D eigenvalue weighted by Crippen LogP contribution is 2.32. The molecule has 1 aromatic heterocycles. The van der Waals surface area contributed by atoms with Crippen molar-refractivity contribution >= 4 is 40.5 Å². The molecule has 0 radical (unpaired) electrons. The van der Waals surface area contributed by atoms with Crippen molar-refractivity contribution < 1.29 is 19.4 Å². The van der Waals surface area contributed by atoms with E-state index >= 15 is 0 Å². The number of aromatic nitrogens is 2. The van der Waals surface area contributed by atoms with Gasteiger partial charge in [-0.15, -0.1) is 0 Å². The zero-order valence-electron chi connectivity index (χ0n) is 17.2. The second-order valence-electron chi connectivity index (χ2n) is 6.99. The van der Waals surface area contributed by atoms with Gasteiger partial charge in [-0.05, 0) is 48.4 Å². The number of rotatable bonds is 6. The van der Waals surface area contributed by atoms with Crippen LogP contribution in [0.15, 0.2) is 66.7 Å². The van der Waals surface area contributed by atoms with Crippen LogP contribution in [-0.4, -0.2) is 27.2 Å². The Morgan fingerprint density at radius 3 is 2.50 bits per heavy atom. The summed E-state index contributed by atoms with van der Waals surface area (Å²) in [6.07, 6.45) is -0.371. The van der Waals surface area contributed by atoms with Crippen molar-refractivity contribution in [2.75, 3.05) is 10.2 Å². The third-order valence-electron chi connectivity index (χ3n) is 4.79. The van der Waals surface area contributed by atoms with Crippen LogP contribution in [0.3, 0.4) is 0 Å². The second kappa shape index (κ2) is 8.68. The number of fused-ring (bicyclic) bond motifs is 1. The minimum absolute atomic E-state index is 0.123. The molecule has 0 aliphatic heterocycles. The molecule has 4 aromatic rings. The number of ether oxygens (including phenoxy) is 1. The van der Waals surface area contributed by atoms with Crippen molar-refractivity contribution in [1.29, 1.82) is 0 Å². The normalized spacial score (nSPS) is 10.7. The van der Waals surface area contributed by atoms with E-state index in [4.69, 9.17) is 15.6 Å². The van der Waals surface area contributed by atoms with E-state index < -0.39 is 12.1 Å². The minimum Gasteiger partial charge on any atom is -0.465 e. The first-order valence-corrected chi connectivity index (χ1v) is 9.89. The summed E-state index contributed by atoms with van der Waals surface area (Å²) in [5, 5.41) is 11.0. The van der Waals surface area contributed by atoms with Crippen LogP contribution in [0.5, 0.6) is 11.5 Å². The highest BCUT2D eigenvalue weighted by molar-refractivity contribution is 5.98. The zero-order valence-corrected chi connectivity index (χ0v) is 17.2. The van der Waals surface area contributed by atoms with Crippen molar-refractivity contribution in [2.45, 2.75) is 13.3 Å². The predicted octanol–water partition coefficient (Wildman–Crippen LogP) is 5.22. The van der Waals surface area contributed by atoms with E-state index in [1.54, 1.807) is 42.5 Å². The van der Waals surface area contributed by atoms with Gasteiger partial charge in [0.2, 0.25) is 5.95 Å². The molecule has 0 saturated heterocycles. The van der Waals surface area contributed by atoms with E-state index in [0.717, 1.165) is 12.0 Å². The maximum Gasteiger partial charge on any atom is 0.411 e. The maximum absolute atomic E-state index is 12.2. The fourth-order valence-corrected chi connectivity index (χ4v) is 3.35. The number of nitrogens with two attached hydrogens (primary N) is 1. The van der Waals surface area contributed by atoms with Crippen LogP contribution in [0, 0.1) is 0 Å². The summed E-state index contributed by atoms with van der Waals surface area (Å²) in [5.41, 5.74) is 9.21. The number of hydrogen-bond acceptors (Lipinski definition) is 4. The van der Waals surface area contributed by atoms with Gasteiger partial charge < -0.3 is 20.6 Å². The summed E-state index contributed by atoms with van der Waals surface area (Å²) in [6, 6.07) is 19.2.